The van der Waals surface area contributed by atoms with Gasteiger partial charge in [-0.3, -0.25) is 0 Å². The van der Waals surface area contributed by atoms with Crippen LogP contribution in [0.5, 0.6) is 0 Å². The quantitative estimate of drug-likeness (QED) is 0.199. The largest absolute Gasteiger partial charge is 0.441 e. The molecule has 1 aromatic carbocycles. The molecule has 162 valence electrons. The van der Waals surface area contributed by atoms with Crippen molar-refractivity contribution in [3.05, 3.63) is 29.3 Å². The van der Waals surface area contributed by atoms with E-state index in [0.29, 0.717) is 5.30 Å². The molecule has 0 aliphatic rings. The molecule has 4 heteroatoms. The van der Waals surface area contributed by atoms with Crippen molar-refractivity contribution in [1.29, 1.82) is 0 Å². The van der Waals surface area contributed by atoms with Crippen LogP contribution in [0.1, 0.15) is 115 Å². The Kier molecular flexibility index (Phi) is 14.0. The number of hydrogen-bond donors (Lipinski definition) is 3. The topological polar surface area (TPSA) is 60.7 Å². The highest BCUT2D eigenvalue weighted by molar-refractivity contribution is 7.66. The Balaban J connectivity index is 2.55. The van der Waals surface area contributed by atoms with Crippen LogP contribution in [0.15, 0.2) is 18.2 Å². The van der Waals surface area contributed by atoms with Gasteiger partial charge in [0.1, 0.15) is 0 Å². The maximum Gasteiger partial charge on any atom is 0.441 e. The SMILES string of the molecule is CCCCCCCCCc1cccc([P+](O)(O)O)c1CCCCCCCCC. The molecule has 0 bridgehead atoms. The van der Waals surface area contributed by atoms with Gasteiger partial charge in [-0.05, 0) is 37.3 Å². The molecule has 0 aliphatic carbocycles. The average molecular weight is 412 g/mol. The number of aryl methyl sites for hydroxylation is 1. The summed E-state index contributed by atoms with van der Waals surface area (Å²) in [5, 5.41) is 0.374. The average Bonchev–Trinajstić information content (AvgIpc) is 2.66. The third kappa shape index (κ3) is 10.9. The van der Waals surface area contributed by atoms with Crippen molar-refractivity contribution in [3.8, 4) is 0 Å². The zero-order chi connectivity index (χ0) is 20.7. The maximum atomic E-state index is 9.91. The zero-order valence-electron chi connectivity index (χ0n) is 18.3. The predicted octanol–water partition coefficient (Wildman–Crippen LogP) is 6.64. The van der Waals surface area contributed by atoms with Crippen LogP contribution >= 0.6 is 7.94 Å². The summed E-state index contributed by atoms with van der Waals surface area (Å²) < 4.78 is 0. The summed E-state index contributed by atoms with van der Waals surface area (Å²) in [5.41, 5.74) is 2.18. The molecule has 0 aromatic heterocycles. The van der Waals surface area contributed by atoms with Crippen LogP contribution in [-0.4, -0.2) is 14.7 Å². The minimum absolute atomic E-state index is 0.374. The molecule has 28 heavy (non-hydrogen) atoms. The first kappa shape index (κ1) is 25.6. The first-order valence-electron chi connectivity index (χ1n) is 11.7. The van der Waals surface area contributed by atoms with E-state index in [1.54, 1.807) is 6.07 Å². The van der Waals surface area contributed by atoms with Gasteiger partial charge in [0.15, 0.2) is 5.30 Å². The Morgan fingerprint density at radius 1 is 0.607 bits per heavy atom. The van der Waals surface area contributed by atoms with Crippen LogP contribution in [0.25, 0.3) is 0 Å². The van der Waals surface area contributed by atoms with E-state index >= 15 is 0 Å². The number of hydrogen-bond acceptors (Lipinski definition) is 3. The normalized spacial score (nSPS) is 11.9. The van der Waals surface area contributed by atoms with E-state index in [9.17, 15) is 14.7 Å². The second-order valence-electron chi connectivity index (χ2n) is 8.23. The second kappa shape index (κ2) is 15.4. The van der Waals surface area contributed by atoms with Crippen LogP contribution in [0, 0.1) is 0 Å². The van der Waals surface area contributed by atoms with Crippen molar-refractivity contribution >= 4 is 13.2 Å². The molecule has 0 spiro atoms. The van der Waals surface area contributed by atoms with E-state index in [4.69, 9.17) is 0 Å². The van der Waals surface area contributed by atoms with Gasteiger partial charge in [-0.25, -0.2) is 0 Å². The van der Waals surface area contributed by atoms with Crippen molar-refractivity contribution in [3.63, 3.8) is 0 Å². The third-order valence-corrected chi connectivity index (χ3v) is 6.72. The van der Waals surface area contributed by atoms with Gasteiger partial charge in [0, 0.05) is 5.56 Å². The van der Waals surface area contributed by atoms with E-state index in [1.165, 1.54) is 82.6 Å². The monoisotopic (exact) mass is 411 g/mol. The van der Waals surface area contributed by atoms with Gasteiger partial charge in [-0.2, -0.15) is 14.7 Å². The van der Waals surface area contributed by atoms with Crippen LogP contribution in [0.3, 0.4) is 0 Å². The van der Waals surface area contributed by atoms with Crippen molar-refractivity contribution in [2.75, 3.05) is 0 Å². The molecule has 1 aromatic rings. The predicted molar refractivity (Wildman–Crippen MR) is 123 cm³/mol. The molecule has 0 radical (unpaired) electrons. The van der Waals surface area contributed by atoms with E-state index in [-0.39, 0.29) is 0 Å². The van der Waals surface area contributed by atoms with Crippen molar-refractivity contribution < 1.29 is 14.7 Å². The van der Waals surface area contributed by atoms with Crippen molar-refractivity contribution in [1.82, 2.24) is 0 Å². The molecule has 1 rings (SSSR count). The highest BCUT2D eigenvalue weighted by Gasteiger charge is 2.37. The Bertz CT molecular complexity index is 511. The summed E-state index contributed by atoms with van der Waals surface area (Å²) in [6, 6.07) is 5.66. The van der Waals surface area contributed by atoms with Gasteiger partial charge >= 0.3 is 7.94 Å². The Labute approximate surface area is 174 Å². The number of rotatable bonds is 17. The van der Waals surface area contributed by atoms with E-state index in [1.807, 2.05) is 6.07 Å². The van der Waals surface area contributed by atoms with Gasteiger partial charge in [0.05, 0.1) is 0 Å². The molecule has 0 atom stereocenters. The van der Waals surface area contributed by atoms with Gasteiger partial charge in [-0.1, -0.05) is 103 Å². The second-order valence-corrected chi connectivity index (χ2v) is 9.84. The number of unbranched alkanes of at least 4 members (excludes halogenated alkanes) is 12. The third-order valence-electron chi connectivity index (χ3n) is 5.65. The molecule has 0 saturated heterocycles. The van der Waals surface area contributed by atoms with Gasteiger partial charge < -0.3 is 0 Å². The lowest BCUT2D eigenvalue weighted by molar-refractivity contribution is 0.346. The smallest absolute Gasteiger partial charge is 0.189 e. The summed E-state index contributed by atoms with van der Waals surface area (Å²) in [6.45, 7) is 4.48. The van der Waals surface area contributed by atoms with E-state index < -0.39 is 7.94 Å². The Morgan fingerprint density at radius 2 is 1.07 bits per heavy atom. The maximum absolute atomic E-state index is 9.91. The van der Waals surface area contributed by atoms with Crippen LogP contribution < -0.4 is 5.30 Å². The first-order valence-corrected chi connectivity index (χ1v) is 13.3. The van der Waals surface area contributed by atoms with Crippen LogP contribution in [-0.2, 0) is 12.8 Å². The minimum atomic E-state index is -3.96. The number of benzene rings is 1. The summed E-state index contributed by atoms with van der Waals surface area (Å²) in [5.74, 6) is 0. The summed E-state index contributed by atoms with van der Waals surface area (Å²) in [7, 11) is -3.96. The zero-order valence-corrected chi connectivity index (χ0v) is 19.2. The molecule has 0 saturated carbocycles. The van der Waals surface area contributed by atoms with Gasteiger partial charge in [0.2, 0.25) is 0 Å². The van der Waals surface area contributed by atoms with E-state index in [2.05, 4.69) is 19.9 Å². The first-order chi connectivity index (χ1) is 13.5. The molecule has 0 amide bonds. The summed E-state index contributed by atoms with van der Waals surface area (Å²) in [6.07, 6.45) is 19.4. The van der Waals surface area contributed by atoms with Gasteiger partial charge in [0.25, 0.3) is 0 Å². The summed E-state index contributed by atoms with van der Waals surface area (Å²) in [4.78, 5) is 29.7. The molecular formula is C24H44O3P+. The van der Waals surface area contributed by atoms with Gasteiger partial charge in [-0.15, -0.1) is 0 Å². The molecular weight excluding hydrogens is 367 g/mol. The standard InChI is InChI=1S/C24H44O3P/c1-3-5-7-9-11-13-15-18-22-19-17-21-24(28(25,26)27)23(22)20-16-14-12-10-8-6-4-2/h17,19,21,25-27H,3-16,18,20H2,1-2H3/q+1. The lowest BCUT2D eigenvalue weighted by atomic mass is 9.96. The van der Waals surface area contributed by atoms with Crippen LogP contribution in [0.4, 0.5) is 0 Å². The minimum Gasteiger partial charge on any atom is -0.189 e. The molecule has 0 aliphatic heterocycles. The molecule has 0 fully saturated rings. The highest BCUT2D eigenvalue weighted by Crippen LogP contribution is 2.44. The summed E-state index contributed by atoms with van der Waals surface area (Å²) >= 11 is 0. The Morgan fingerprint density at radius 3 is 1.57 bits per heavy atom. The lowest BCUT2D eigenvalue weighted by Gasteiger charge is -2.14. The highest BCUT2D eigenvalue weighted by atomic mass is 31.2. The lowest BCUT2D eigenvalue weighted by Crippen LogP contribution is -2.18. The van der Waals surface area contributed by atoms with Crippen LogP contribution in [0.2, 0.25) is 0 Å². The molecule has 3 N–H and O–H groups in total. The molecule has 0 unspecified atom stereocenters. The van der Waals surface area contributed by atoms with Crippen molar-refractivity contribution in [2.45, 2.75) is 117 Å². The fourth-order valence-electron chi connectivity index (χ4n) is 3.96. The molecule has 3 nitrogen and oxygen atoms in total. The van der Waals surface area contributed by atoms with Crippen molar-refractivity contribution in [2.24, 2.45) is 0 Å². The molecule has 0 heterocycles. The fourth-order valence-corrected chi connectivity index (χ4v) is 4.86. The fraction of sp³-hybridized carbons (Fsp3) is 0.750. The van der Waals surface area contributed by atoms with E-state index in [0.717, 1.165) is 31.2 Å². The Hall–Kier alpha value is -0.470.